The lowest BCUT2D eigenvalue weighted by Crippen LogP contribution is -2.25. The maximum Gasteiger partial charge on any atom is 0.255 e. The first-order chi connectivity index (χ1) is 19.6. The highest BCUT2D eigenvalue weighted by atomic mass is 32.2. The van der Waals surface area contributed by atoms with E-state index in [4.69, 9.17) is 4.42 Å². The number of hydrogen-bond donors (Lipinski definition) is 1. The molecule has 0 unspecified atom stereocenters. The van der Waals surface area contributed by atoms with Crippen LogP contribution < -0.4 is 9.62 Å². The fourth-order valence-corrected chi connectivity index (χ4v) is 6.46. The fourth-order valence-electron chi connectivity index (χ4n) is 4.91. The van der Waals surface area contributed by atoms with Gasteiger partial charge in [-0.3, -0.25) is 14.1 Å². The van der Waals surface area contributed by atoms with Gasteiger partial charge in [0.1, 0.15) is 11.3 Å². The van der Waals surface area contributed by atoms with Gasteiger partial charge in [-0.1, -0.05) is 48.0 Å². The number of anilines is 1. The highest BCUT2D eigenvalue weighted by Gasteiger charge is 2.26. The van der Waals surface area contributed by atoms with Gasteiger partial charge in [0.25, 0.3) is 5.91 Å². The van der Waals surface area contributed by atoms with E-state index < -0.39 is 10.0 Å². The van der Waals surface area contributed by atoms with Crippen LogP contribution in [0.1, 0.15) is 15.9 Å². The van der Waals surface area contributed by atoms with E-state index in [0.29, 0.717) is 39.1 Å². The zero-order chi connectivity index (χ0) is 28.9. The number of amides is 1. The average Bonchev–Trinajstić information content (AvgIpc) is 3.57. The van der Waals surface area contributed by atoms with Crippen LogP contribution in [0.2, 0.25) is 0 Å². The van der Waals surface area contributed by atoms with E-state index >= 15 is 0 Å². The SMILES string of the molecule is CNC(=O)c1c(-c2ccc(C)cc2)oc2cc(N(C)S(C)(=O)=O)c(-c3cncc(-c4cc5ccccc5s4)c3)cc12. The minimum atomic E-state index is -3.62. The van der Waals surface area contributed by atoms with Crippen molar-refractivity contribution in [1.29, 1.82) is 0 Å². The molecule has 3 heterocycles. The zero-order valence-corrected chi connectivity index (χ0v) is 24.6. The van der Waals surface area contributed by atoms with Crippen molar-refractivity contribution in [3.8, 4) is 32.9 Å². The van der Waals surface area contributed by atoms with Crippen molar-refractivity contribution in [3.63, 3.8) is 0 Å². The molecular weight excluding hydrogens is 555 g/mol. The largest absolute Gasteiger partial charge is 0.455 e. The summed E-state index contributed by atoms with van der Waals surface area (Å²) in [6.45, 7) is 1.99. The molecule has 0 saturated carbocycles. The van der Waals surface area contributed by atoms with E-state index in [1.165, 1.54) is 16.1 Å². The summed E-state index contributed by atoms with van der Waals surface area (Å²) >= 11 is 1.67. The van der Waals surface area contributed by atoms with E-state index in [2.05, 4.69) is 28.5 Å². The van der Waals surface area contributed by atoms with E-state index in [9.17, 15) is 13.2 Å². The summed E-state index contributed by atoms with van der Waals surface area (Å²) in [5.74, 6) is 0.119. The maximum absolute atomic E-state index is 13.2. The van der Waals surface area contributed by atoms with E-state index in [-0.39, 0.29) is 5.91 Å². The van der Waals surface area contributed by atoms with Crippen LogP contribution in [-0.4, -0.2) is 39.7 Å². The van der Waals surface area contributed by atoms with Crippen LogP contribution in [0.5, 0.6) is 0 Å². The smallest absolute Gasteiger partial charge is 0.255 e. The summed E-state index contributed by atoms with van der Waals surface area (Å²) in [5.41, 5.74) is 5.28. The molecule has 0 saturated heterocycles. The maximum atomic E-state index is 13.2. The Morgan fingerprint density at radius 2 is 1.68 bits per heavy atom. The van der Waals surface area contributed by atoms with Crippen LogP contribution in [0.15, 0.2) is 89.6 Å². The third-order valence-corrected chi connectivity index (χ3v) is 9.53. The summed E-state index contributed by atoms with van der Waals surface area (Å²) < 4.78 is 34.1. The molecule has 0 aliphatic heterocycles. The van der Waals surface area contributed by atoms with Crippen molar-refractivity contribution in [1.82, 2.24) is 10.3 Å². The quantitative estimate of drug-likeness (QED) is 0.226. The van der Waals surface area contributed by atoms with Gasteiger partial charge in [-0.15, -0.1) is 11.3 Å². The molecule has 1 amide bonds. The molecule has 0 bridgehead atoms. The van der Waals surface area contributed by atoms with Crippen molar-refractivity contribution >= 4 is 54.0 Å². The minimum absolute atomic E-state index is 0.299. The first-order valence-electron chi connectivity index (χ1n) is 12.9. The van der Waals surface area contributed by atoms with Crippen LogP contribution >= 0.6 is 11.3 Å². The number of benzene rings is 3. The average molecular weight is 582 g/mol. The molecule has 6 rings (SSSR count). The molecule has 9 heteroatoms. The van der Waals surface area contributed by atoms with Crippen molar-refractivity contribution in [3.05, 3.63) is 96.3 Å². The summed E-state index contributed by atoms with van der Waals surface area (Å²) in [6.07, 6.45) is 4.66. The fraction of sp³-hybridized carbons (Fsp3) is 0.125. The molecule has 3 aromatic carbocycles. The van der Waals surface area contributed by atoms with E-state index in [1.54, 1.807) is 36.8 Å². The third kappa shape index (κ3) is 4.87. The Morgan fingerprint density at radius 1 is 0.951 bits per heavy atom. The highest BCUT2D eigenvalue weighted by Crippen LogP contribution is 2.42. The number of fused-ring (bicyclic) bond motifs is 2. The lowest BCUT2D eigenvalue weighted by molar-refractivity contribution is 0.0964. The molecule has 0 spiro atoms. The molecule has 0 aliphatic rings. The van der Waals surface area contributed by atoms with Crippen molar-refractivity contribution in [2.45, 2.75) is 6.92 Å². The van der Waals surface area contributed by atoms with E-state index in [0.717, 1.165) is 33.2 Å². The minimum Gasteiger partial charge on any atom is -0.455 e. The van der Waals surface area contributed by atoms with Gasteiger partial charge in [0.15, 0.2) is 0 Å². The van der Waals surface area contributed by atoms with Crippen LogP contribution in [0.25, 0.3) is 53.9 Å². The van der Waals surface area contributed by atoms with Crippen LogP contribution in [-0.2, 0) is 10.0 Å². The zero-order valence-electron chi connectivity index (χ0n) is 22.9. The first kappa shape index (κ1) is 26.7. The Hall–Kier alpha value is -4.47. The van der Waals surface area contributed by atoms with Gasteiger partial charge in [0.2, 0.25) is 10.0 Å². The number of pyridine rings is 1. The van der Waals surface area contributed by atoms with Gasteiger partial charge in [-0.05, 0) is 36.6 Å². The van der Waals surface area contributed by atoms with Crippen molar-refractivity contribution in [2.24, 2.45) is 0 Å². The van der Waals surface area contributed by atoms with Gasteiger partial charge in [-0.2, -0.15) is 0 Å². The summed E-state index contributed by atoms with van der Waals surface area (Å²) in [5, 5.41) is 4.45. The second kappa shape index (κ2) is 10.2. The molecule has 0 fully saturated rings. The summed E-state index contributed by atoms with van der Waals surface area (Å²) in [4.78, 5) is 18.8. The molecule has 7 nitrogen and oxygen atoms in total. The molecule has 41 heavy (non-hydrogen) atoms. The number of carbonyl (C=O) groups excluding carboxylic acids is 1. The number of carbonyl (C=O) groups is 1. The second-order valence-corrected chi connectivity index (χ2v) is 13.1. The number of rotatable bonds is 6. The highest BCUT2D eigenvalue weighted by molar-refractivity contribution is 7.92. The van der Waals surface area contributed by atoms with Crippen molar-refractivity contribution < 1.29 is 17.6 Å². The molecule has 6 aromatic rings. The molecule has 0 atom stereocenters. The third-order valence-electron chi connectivity index (χ3n) is 7.17. The number of thiophene rings is 1. The number of sulfonamides is 1. The number of aryl methyl sites for hydroxylation is 1. The first-order valence-corrected chi connectivity index (χ1v) is 15.6. The summed E-state index contributed by atoms with van der Waals surface area (Å²) in [6, 6.07) is 23.5. The molecule has 0 radical (unpaired) electrons. The monoisotopic (exact) mass is 581 g/mol. The predicted molar refractivity (Wildman–Crippen MR) is 167 cm³/mol. The molecular formula is C32H27N3O4S2. The Morgan fingerprint density at radius 3 is 2.39 bits per heavy atom. The molecule has 3 aromatic heterocycles. The summed E-state index contributed by atoms with van der Waals surface area (Å²) in [7, 11) is -0.541. The second-order valence-electron chi connectivity index (χ2n) is 9.96. The lowest BCUT2D eigenvalue weighted by Gasteiger charge is -2.20. The number of aromatic nitrogens is 1. The van der Waals surface area contributed by atoms with Crippen LogP contribution in [0, 0.1) is 6.92 Å². The van der Waals surface area contributed by atoms with Gasteiger partial charge in [-0.25, -0.2) is 8.42 Å². The van der Waals surface area contributed by atoms with Gasteiger partial charge >= 0.3 is 0 Å². The Balaban J connectivity index is 1.61. The Kier molecular flexibility index (Phi) is 6.63. The molecule has 0 aliphatic carbocycles. The molecule has 206 valence electrons. The van der Waals surface area contributed by atoms with Gasteiger partial charge in [0.05, 0.1) is 17.5 Å². The van der Waals surface area contributed by atoms with Crippen LogP contribution in [0.3, 0.4) is 0 Å². The normalized spacial score (nSPS) is 11.7. The molecule has 1 N–H and O–H groups in total. The standard InChI is InChI=1S/C32H27N3O4S2/c1-19-9-11-20(12-10-19)31-30(32(36)33-2)25-15-24(26(16-27(25)39-31)35(3)41(4,37)38)22-13-23(18-34-17-22)29-14-21-7-5-6-8-28(21)40-29/h5-18H,1-4H3,(H,33,36). The van der Waals surface area contributed by atoms with Gasteiger partial charge in [0, 0.05) is 69.8 Å². The Labute approximate surface area is 242 Å². The predicted octanol–water partition coefficient (Wildman–Crippen LogP) is 7.11. The topological polar surface area (TPSA) is 92.5 Å². The number of nitrogens with one attached hydrogen (secondary N) is 1. The lowest BCUT2D eigenvalue weighted by atomic mass is 9.98. The number of furan rings is 1. The Bertz CT molecular complexity index is 2030. The van der Waals surface area contributed by atoms with Crippen molar-refractivity contribution in [2.75, 3.05) is 24.7 Å². The number of nitrogens with zero attached hydrogens (tertiary/aromatic N) is 2. The number of hydrogen-bond acceptors (Lipinski definition) is 6. The van der Waals surface area contributed by atoms with Crippen LogP contribution in [0.4, 0.5) is 5.69 Å². The van der Waals surface area contributed by atoms with Gasteiger partial charge < -0.3 is 9.73 Å². The van der Waals surface area contributed by atoms with E-state index in [1.807, 2.05) is 55.5 Å².